The maximum atomic E-state index is 13.2. The molecule has 3 aromatic carbocycles. The van der Waals surface area contributed by atoms with Crippen molar-refractivity contribution in [3.05, 3.63) is 94.8 Å². The van der Waals surface area contributed by atoms with Gasteiger partial charge in [0.15, 0.2) is 0 Å². The summed E-state index contributed by atoms with van der Waals surface area (Å²) < 4.78 is 24.5. The van der Waals surface area contributed by atoms with Crippen LogP contribution in [-0.2, 0) is 27.5 Å². The fraction of sp³-hybridized carbons (Fsp3) is 0.143. The zero-order valence-electron chi connectivity index (χ0n) is 20.6. The number of halogens is 1. The molecule has 0 aromatic heterocycles. The van der Waals surface area contributed by atoms with Gasteiger partial charge in [-0.3, -0.25) is 24.6 Å². The topological polar surface area (TPSA) is 114 Å². The van der Waals surface area contributed by atoms with E-state index in [1.165, 1.54) is 44.4 Å². The van der Waals surface area contributed by atoms with Crippen molar-refractivity contribution in [2.24, 2.45) is 0 Å². The standard InChI is InChI=1S/C28H24FN3O6/c1-17(33)30-22-8-10-23(11-9-22)38-16-20-13-19(5-12-25(20)37-2)14-24-26(34)31-28(36)32(27(24)35)15-18-3-6-21(29)7-4-18/h3-14H,15-16H2,1-2H3,(H,30,33)(H,31,34,36)/b24-14+. The van der Waals surface area contributed by atoms with Gasteiger partial charge in [-0.05, 0) is 65.7 Å². The second-order valence-electron chi connectivity index (χ2n) is 8.40. The summed E-state index contributed by atoms with van der Waals surface area (Å²) >= 11 is 0. The summed E-state index contributed by atoms with van der Waals surface area (Å²) in [5.74, 6) is -1.11. The Hall–Kier alpha value is -4.99. The van der Waals surface area contributed by atoms with Gasteiger partial charge in [-0.25, -0.2) is 9.18 Å². The average Bonchev–Trinajstić information content (AvgIpc) is 2.89. The van der Waals surface area contributed by atoms with Crippen molar-refractivity contribution < 1.29 is 33.0 Å². The zero-order chi connectivity index (χ0) is 27.2. The Labute approximate surface area is 217 Å². The summed E-state index contributed by atoms with van der Waals surface area (Å²) in [5.41, 5.74) is 2.10. The van der Waals surface area contributed by atoms with Crippen molar-refractivity contribution >= 4 is 35.5 Å². The average molecular weight is 518 g/mol. The zero-order valence-corrected chi connectivity index (χ0v) is 20.6. The number of methoxy groups -OCH3 is 1. The number of imide groups is 2. The summed E-state index contributed by atoms with van der Waals surface area (Å²) in [6.45, 7) is 1.41. The number of barbiturate groups is 1. The molecule has 1 saturated heterocycles. The van der Waals surface area contributed by atoms with Crippen molar-refractivity contribution in [3.63, 3.8) is 0 Å². The third kappa shape index (κ3) is 6.22. The van der Waals surface area contributed by atoms with E-state index in [2.05, 4.69) is 10.6 Å². The highest BCUT2D eigenvalue weighted by atomic mass is 19.1. The molecule has 0 saturated carbocycles. The van der Waals surface area contributed by atoms with Crippen LogP contribution in [0.3, 0.4) is 0 Å². The van der Waals surface area contributed by atoms with E-state index in [0.717, 1.165) is 4.90 Å². The van der Waals surface area contributed by atoms with Crippen LogP contribution in [0.5, 0.6) is 11.5 Å². The molecule has 1 heterocycles. The third-order valence-corrected chi connectivity index (χ3v) is 5.62. The molecule has 0 unspecified atom stereocenters. The molecule has 3 aromatic rings. The lowest BCUT2D eigenvalue weighted by Crippen LogP contribution is -2.53. The maximum Gasteiger partial charge on any atom is 0.331 e. The third-order valence-electron chi connectivity index (χ3n) is 5.62. The fourth-order valence-corrected chi connectivity index (χ4v) is 3.78. The molecule has 1 fully saturated rings. The molecule has 5 amide bonds. The molecule has 194 valence electrons. The molecule has 38 heavy (non-hydrogen) atoms. The van der Waals surface area contributed by atoms with Gasteiger partial charge in [-0.15, -0.1) is 0 Å². The van der Waals surface area contributed by atoms with Crippen LogP contribution < -0.4 is 20.1 Å². The van der Waals surface area contributed by atoms with E-state index in [1.807, 2.05) is 0 Å². The van der Waals surface area contributed by atoms with Gasteiger partial charge in [0.05, 0.1) is 13.7 Å². The number of nitrogens with zero attached hydrogens (tertiary/aromatic N) is 1. The lowest BCUT2D eigenvalue weighted by Gasteiger charge is -2.26. The van der Waals surface area contributed by atoms with Gasteiger partial charge in [0.2, 0.25) is 5.91 Å². The number of hydrogen-bond donors (Lipinski definition) is 2. The van der Waals surface area contributed by atoms with E-state index in [1.54, 1.807) is 42.5 Å². The van der Waals surface area contributed by atoms with Crippen LogP contribution in [0.1, 0.15) is 23.6 Å². The Balaban J connectivity index is 1.53. The van der Waals surface area contributed by atoms with E-state index < -0.39 is 23.7 Å². The number of carbonyl (C=O) groups is 4. The second kappa shape index (κ2) is 11.4. The number of carbonyl (C=O) groups excluding carboxylic acids is 4. The van der Waals surface area contributed by atoms with Gasteiger partial charge < -0.3 is 14.8 Å². The Morgan fingerprint density at radius 2 is 1.74 bits per heavy atom. The monoisotopic (exact) mass is 517 g/mol. The molecule has 0 atom stereocenters. The minimum atomic E-state index is -0.852. The van der Waals surface area contributed by atoms with Crippen LogP contribution in [0.15, 0.2) is 72.3 Å². The first kappa shape index (κ1) is 26.1. The maximum absolute atomic E-state index is 13.2. The van der Waals surface area contributed by atoms with Gasteiger partial charge in [0, 0.05) is 18.2 Å². The lowest BCUT2D eigenvalue weighted by atomic mass is 10.0. The summed E-state index contributed by atoms with van der Waals surface area (Å²) in [7, 11) is 1.51. The first-order valence-corrected chi connectivity index (χ1v) is 11.5. The number of ether oxygens (including phenoxy) is 2. The first-order chi connectivity index (χ1) is 18.2. The van der Waals surface area contributed by atoms with Crippen LogP contribution >= 0.6 is 0 Å². The Kier molecular flexibility index (Phi) is 7.81. The van der Waals surface area contributed by atoms with E-state index in [-0.39, 0.29) is 24.6 Å². The number of urea groups is 1. The number of anilines is 1. The van der Waals surface area contributed by atoms with Crippen molar-refractivity contribution in [1.29, 1.82) is 0 Å². The van der Waals surface area contributed by atoms with Crippen LogP contribution in [0.2, 0.25) is 0 Å². The van der Waals surface area contributed by atoms with Gasteiger partial charge in [-0.2, -0.15) is 0 Å². The molecule has 0 aliphatic carbocycles. The van der Waals surface area contributed by atoms with Crippen molar-refractivity contribution in [2.45, 2.75) is 20.1 Å². The van der Waals surface area contributed by atoms with Crippen molar-refractivity contribution in [1.82, 2.24) is 10.2 Å². The molecule has 4 rings (SSSR count). The van der Waals surface area contributed by atoms with Crippen molar-refractivity contribution in [2.75, 3.05) is 12.4 Å². The Bertz CT molecular complexity index is 1420. The summed E-state index contributed by atoms with van der Waals surface area (Å²) in [5, 5.41) is 4.85. The van der Waals surface area contributed by atoms with E-state index >= 15 is 0 Å². The van der Waals surface area contributed by atoms with Gasteiger partial charge in [0.25, 0.3) is 11.8 Å². The van der Waals surface area contributed by atoms with Crippen LogP contribution in [0.4, 0.5) is 14.9 Å². The Morgan fingerprint density at radius 1 is 1.03 bits per heavy atom. The normalized spacial score (nSPS) is 14.3. The van der Waals surface area contributed by atoms with Gasteiger partial charge >= 0.3 is 6.03 Å². The largest absolute Gasteiger partial charge is 0.496 e. The lowest BCUT2D eigenvalue weighted by molar-refractivity contribution is -0.130. The molecular weight excluding hydrogens is 493 g/mol. The van der Waals surface area contributed by atoms with E-state index in [0.29, 0.717) is 33.9 Å². The molecule has 0 radical (unpaired) electrons. The molecule has 0 spiro atoms. The first-order valence-electron chi connectivity index (χ1n) is 11.5. The van der Waals surface area contributed by atoms with Gasteiger partial charge in [0.1, 0.15) is 29.5 Å². The molecular formula is C28H24FN3O6. The van der Waals surface area contributed by atoms with Crippen molar-refractivity contribution in [3.8, 4) is 11.5 Å². The van der Waals surface area contributed by atoms with Crippen LogP contribution in [0, 0.1) is 5.82 Å². The minimum Gasteiger partial charge on any atom is -0.496 e. The van der Waals surface area contributed by atoms with Gasteiger partial charge in [-0.1, -0.05) is 18.2 Å². The Morgan fingerprint density at radius 3 is 2.39 bits per heavy atom. The number of benzene rings is 3. The molecule has 0 bridgehead atoms. The van der Waals surface area contributed by atoms with E-state index in [9.17, 15) is 23.6 Å². The summed E-state index contributed by atoms with van der Waals surface area (Å²) in [4.78, 5) is 50.0. The number of rotatable bonds is 8. The molecule has 10 heteroatoms. The number of amides is 5. The summed E-state index contributed by atoms with van der Waals surface area (Å²) in [6, 6.07) is 16.4. The predicted molar refractivity (Wildman–Crippen MR) is 137 cm³/mol. The molecule has 9 nitrogen and oxygen atoms in total. The van der Waals surface area contributed by atoms with E-state index in [4.69, 9.17) is 9.47 Å². The smallest absolute Gasteiger partial charge is 0.331 e. The van der Waals surface area contributed by atoms with Crippen LogP contribution in [0.25, 0.3) is 6.08 Å². The molecule has 1 aliphatic heterocycles. The quantitative estimate of drug-likeness (QED) is 0.345. The highest BCUT2D eigenvalue weighted by Crippen LogP contribution is 2.25. The second-order valence-corrected chi connectivity index (χ2v) is 8.40. The summed E-state index contributed by atoms with van der Waals surface area (Å²) in [6.07, 6.45) is 1.38. The van der Waals surface area contributed by atoms with Crippen LogP contribution in [-0.4, -0.2) is 35.8 Å². The SMILES string of the molecule is COc1ccc(/C=C2\C(=O)NC(=O)N(Cc3ccc(F)cc3)C2=O)cc1COc1ccc(NC(C)=O)cc1. The number of hydrogen-bond acceptors (Lipinski definition) is 6. The molecule has 2 N–H and O–H groups in total. The highest BCUT2D eigenvalue weighted by molar-refractivity contribution is 6.30. The minimum absolute atomic E-state index is 0.120. The number of nitrogens with one attached hydrogen (secondary N) is 2. The predicted octanol–water partition coefficient (Wildman–Crippen LogP) is 4.03. The highest BCUT2D eigenvalue weighted by Gasteiger charge is 2.35. The fourth-order valence-electron chi connectivity index (χ4n) is 3.78. The molecule has 1 aliphatic rings.